The van der Waals surface area contributed by atoms with Crippen molar-refractivity contribution in [3.63, 3.8) is 0 Å². The van der Waals surface area contributed by atoms with Gasteiger partial charge in [0.25, 0.3) is 0 Å². The van der Waals surface area contributed by atoms with Crippen molar-refractivity contribution in [1.29, 1.82) is 0 Å². The highest BCUT2D eigenvalue weighted by Gasteiger charge is 2.34. The Morgan fingerprint density at radius 2 is 1.94 bits per heavy atom. The standard InChI is InChI=1S/C16H22ClN/c1-11-5-8-15(10-16(11)17)18-14-4-2-3-13(9-14)12-6-7-12/h5,8,10,12-14,18H,2-4,6-7,9H2,1H3. The number of hydrogen-bond donors (Lipinski definition) is 1. The maximum absolute atomic E-state index is 6.18. The van der Waals surface area contributed by atoms with E-state index in [-0.39, 0.29) is 0 Å². The third-order valence-corrected chi connectivity index (χ3v) is 4.95. The van der Waals surface area contributed by atoms with E-state index >= 15 is 0 Å². The van der Waals surface area contributed by atoms with Gasteiger partial charge in [0.15, 0.2) is 0 Å². The molecule has 2 heteroatoms. The normalized spacial score (nSPS) is 28.1. The first-order valence-corrected chi connectivity index (χ1v) is 7.63. The molecule has 18 heavy (non-hydrogen) atoms. The van der Waals surface area contributed by atoms with Gasteiger partial charge in [-0.1, -0.05) is 30.5 Å². The molecule has 0 aliphatic heterocycles. The highest BCUT2D eigenvalue weighted by molar-refractivity contribution is 6.31. The molecule has 0 heterocycles. The summed E-state index contributed by atoms with van der Waals surface area (Å²) in [4.78, 5) is 0. The molecule has 1 aromatic carbocycles. The Kier molecular flexibility index (Phi) is 3.52. The lowest BCUT2D eigenvalue weighted by molar-refractivity contribution is 0.303. The highest BCUT2D eigenvalue weighted by Crippen LogP contribution is 2.44. The van der Waals surface area contributed by atoms with E-state index in [2.05, 4.69) is 30.4 Å². The Morgan fingerprint density at radius 1 is 1.11 bits per heavy atom. The summed E-state index contributed by atoms with van der Waals surface area (Å²) in [5.74, 6) is 2.04. The van der Waals surface area contributed by atoms with Crippen LogP contribution in [0.2, 0.25) is 5.02 Å². The Balaban J connectivity index is 1.62. The third-order valence-electron chi connectivity index (χ3n) is 4.55. The summed E-state index contributed by atoms with van der Waals surface area (Å²) in [5, 5.41) is 4.55. The number of nitrogens with one attached hydrogen (secondary N) is 1. The zero-order chi connectivity index (χ0) is 12.5. The first kappa shape index (κ1) is 12.3. The van der Waals surface area contributed by atoms with Gasteiger partial charge in [-0.25, -0.2) is 0 Å². The Bertz CT molecular complexity index is 425. The minimum Gasteiger partial charge on any atom is -0.382 e. The SMILES string of the molecule is Cc1ccc(NC2CCCC(C3CC3)C2)cc1Cl. The molecule has 2 saturated carbocycles. The second-order valence-corrected chi connectivity index (χ2v) is 6.48. The fourth-order valence-electron chi connectivity index (χ4n) is 3.27. The Hall–Kier alpha value is -0.690. The second-order valence-electron chi connectivity index (χ2n) is 6.07. The molecule has 2 fully saturated rings. The monoisotopic (exact) mass is 263 g/mol. The van der Waals surface area contributed by atoms with Crippen LogP contribution in [0.5, 0.6) is 0 Å². The van der Waals surface area contributed by atoms with Crippen molar-refractivity contribution < 1.29 is 0 Å². The summed E-state index contributed by atoms with van der Waals surface area (Å²) < 4.78 is 0. The molecule has 1 aromatic rings. The summed E-state index contributed by atoms with van der Waals surface area (Å²) in [6.07, 6.45) is 8.47. The molecule has 2 atom stereocenters. The maximum Gasteiger partial charge on any atom is 0.0455 e. The van der Waals surface area contributed by atoms with Gasteiger partial charge >= 0.3 is 0 Å². The van der Waals surface area contributed by atoms with Crippen LogP contribution in [0.1, 0.15) is 44.1 Å². The molecule has 0 amide bonds. The fraction of sp³-hybridized carbons (Fsp3) is 0.625. The zero-order valence-electron chi connectivity index (χ0n) is 11.1. The predicted octanol–water partition coefficient (Wildman–Crippen LogP) is 5.03. The fourth-order valence-corrected chi connectivity index (χ4v) is 3.45. The lowest BCUT2D eigenvalue weighted by atomic mass is 9.82. The smallest absolute Gasteiger partial charge is 0.0455 e. The minimum atomic E-state index is 0.656. The van der Waals surface area contributed by atoms with E-state index in [4.69, 9.17) is 11.6 Å². The lowest BCUT2D eigenvalue weighted by Gasteiger charge is -2.30. The number of aryl methyl sites for hydroxylation is 1. The molecule has 0 spiro atoms. The van der Waals surface area contributed by atoms with Gasteiger partial charge in [-0.3, -0.25) is 0 Å². The number of halogens is 1. The van der Waals surface area contributed by atoms with E-state index in [1.807, 2.05) is 0 Å². The molecule has 1 nitrogen and oxygen atoms in total. The van der Waals surface area contributed by atoms with Crippen LogP contribution >= 0.6 is 11.6 Å². The molecular weight excluding hydrogens is 242 g/mol. The molecule has 0 saturated heterocycles. The van der Waals surface area contributed by atoms with E-state index in [0.717, 1.165) is 22.4 Å². The molecule has 98 valence electrons. The van der Waals surface area contributed by atoms with Crippen molar-refractivity contribution in [2.45, 2.75) is 51.5 Å². The van der Waals surface area contributed by atoms with Crippen LogP contribution in [-0.4, -0.2) is 6.04 Å². The van der Waals surface area contributed by atoms with Crippen molar-refractivity contribution in [3.8, 4) is 0 Å². The van der Waals surface area contributed by atoms with Crippen molar-refractivity contribution in [1.82, 2.24) is 0 Å². The van der Waals surface area contributed by atoms with Crippen LogP contribution in [-0.2, 0) is 0 Å². The molecule has 1 N–H and O–H groups in total. The highest BCUT2D eigenvalue weighted by atomic mass is 35.5. The number of hydrogen-bond acceptors (Lipinski definition) is 1. The van der Waals surface area contributed by atoms with Crippen molar-refractivity contribution in [3.05, 3.63) is 28.8 Å². The van der Waals surface area contributed by atoms with Gasteiger partial charge in [0.1, 0.15) is 0 Å². The van der Waals surface area contributed by atoms with E-state index in [1.165, 1.54) is 44.2 Å². The number of rotatable bonds is 3. The largest absolute Gasteiger partial charge is 0.382 e. The molecule has 0 radical (unpaired) electrons. The van der Waals surface area contributed by atoms with Gasteiger partial charge in [-0.2, -0.15) is 0 Å². The van der Waals surface area contributed by atoms with Gasteiger partial charge in [-0.15, -0.1) is 0 Å². The summed E-state index contributed by atoms with van der Waals surface area (Å²) >= 11 is 6.18. The van der Waals surface area contributed by atoms with E-state index < -0.39 is 0 Å². The van der Waals surface area contributed by atoms with E-state index in [1.54, 1.807) is 0 Å². The molecule has 3 rings (SSSR count). The van der Waals surface area contributed by atoms with Crippen molar-refractivity contribution in [2.75, 3.05) is 5.32 Å². The molecule has 2 unspecified atom stereocenters. The summed E-state index contributed by atoms with van der Waals surface area (Å²) in [7, 11) is 0. The number of anilines is 1. The first-order chi connectivity index (χ1) is 8.72. The van der Waals surface area contributed by atoms with Gasteiger partial charge in [-0.05, 0) is 62.1 Å². The second kappa shape index (κ2) is 5.13. The predicted molar refractivity (Wildman–Crippen MR) is 78.3 cm³/mol. The van der Waals surface area contributed by atoms with E-state index in [9.17, 15) is 0 Å². The van der Waals surface area contributed by atoms with Crippen LogP contribution in [0, 0.1) is 18.8 Å². The molecule has 2 aliphatic carbocycles. The van der Waals surface area contributed by atoms with Crippen molar-refractivity contribution >= 4 is 17.3 Å². The number of benzene rings is 1. The van der Waals surface area contributed by atoms with Crippen LogP contribution in [0.3, 0.4) is 0 Å². The lowest BCUT2D eigenvalue weighted by Crippen LogP contribution is -2.28. The zero-order valence-corrected chi connectivity index (χ0v) is 11.8. The minimum absolute atomic E-state index is 0.656. The summed E-state index contributed by atoms with van der Waals surface area (Å²) in [5.41, 5.74) is 2.34. The van der Waals surface area contributed by atoms with Crippen LogP contribution < -0.4 is 5.32 Å². The first-order valence-electron chi connectivity index (χ1n) is 7.25. The average molecular weight is 264 g/mol. The summed E-state index contributed by atoms with van der Waals surface area (Å²) in [6, 6.07) is 6.98. The Labute approximate surface area is 115 Å². The van der Waals surface area contributed by atoms with Gasteiger partial charge in [0.05, 0.1) is 0 Å². The third kappa shape index (κ3) is 2.83. The Morgan fingerprint density at radius 3 is 2.67 bits per heavy atom. The molecule has 0 aromatic heterocycles. The molecule has 0 bridgehead atoms. The van der Waals surface area contributed by atoms with Crippen molar-refractivity contribution in [2.24, 2.45) is 11.8 Å². The maximum atomic E-state index is 6.18. The topological polar surface area (TPSA) is 12.0 Å². The van der Waals surface area contributed by atoms with Gasteiger partial charge < -0.3 is 5.32 Å². The van der Waals surface area contributed by atoms with E-state index in [0.29, 0.717) is 6.04 Å². The van der Waals surface area contributed by atoms with Crippen LogP contribution in [0.4, 0.5) is 5.69 Å². The van der Waals surface area contributed by atoms with Gasteiger partial charge in [0.2, 0.25) is 0 Å². The average Bonchev–Trinajstić information content (AvgIpc) is 3.18. The van der Waals surface area contributed by atoms with Crippen LogP contribution in [0.25, 0.3) is 0 Å². The van der Waals surface area contributed by atoms with Gasteiger partial charge in [0, 0.05) is 16.8 Å². The quantitative estimate of drug-likeness (QED) is 0.807. The molecular formula is C16H22ClN. The molecule has 2 aliphatic rings. The van der Waals surface area contributed by atoms with Crippen LogP contribution in [0.15, 0.2) is 18.2 Å². The summed E-state index contributed by atoms with van der Waals surface area (Å²) in [6.45, 7) is 2.05.